The van der Waals surface area contributed by atoms with Crippen molar-refractivity contribution in [2.45, 2.75) is 46.6 Å². The van der Waals surface area contributed by atoms with Crippen LogP contribution in [-0.4, -0.2) is 18.1 Å². The van der Waals surface area contributed by atoms with Crippen LogP contribution in [0, 0.1) is 20.8 Å². The highest BCUT2D eigenvalue weighted by atomic mass is 16.1. The van der Waals surface area contributed by atoms with Crippen LogP contribution in [-0.2, 0) is 6.54 Å². The molecule has 1 fully saturated rings. The second kappa shape index (κ2) is 5.64. The van der Waals surface area contributed by atoms with E-state index >= 15 is 0 Å². The fraction of sp³-hybridized carbons (Fsp3) is 0.500. The first kappa shape index (κ1) is 14.3. The molecule has 0 unspecified atom stereocenters. The van der Waals surface area contributed by atoms with Gasteiger partial charge in [0.2, 0.25) is 0 Å². The monoisotopic (exact) mass is 285 g/mol. The number of hydrogen-bond acceptors (Lipinski definition) is 1. The minimum atomic E-state index is 0.237. The van der Waals surface area contributed by atoms with Crippen molar-refractivity contribution < 1.29 is 4.90 Å². The first-order valence-electron chi connectivity index (χ1n) is 8.03. The first-order valence-corrected chi connectivity index (χ1v) is 8.03. The summed E-state index contributed by atoms with van der Waals surface area (Å²) in [6.07, 6.45) is 3.92. The van der Waals surface area contributed by atoms with Gasteiger partial charge < -0.3 is 9.88 Å². The van der Waals surface area contributed by atoms with Crippen LogP contribution in [0.15, 0.2) is 16.9 Å². The van der Waals surface area contributed by atoms with E-state index in [2.05, 4.69) is 24.0 Å². The molecule has 0 radical (unpaired) electrons. The number of likely N-dealkylation sites (tertiary alicyclic amines) is 1. The maximum atomic E-state index is 13.0. The molecule has 1 saturated heterocycles. The van der Waals surface area contributed by atoms with E-state index < -0.39 is 0 Å². The van der Waals surface area contributed by atoms with Gasteiger partial charge in [0.1, 0.15) is 6.54 Å². The van der Waals surface area contributed by atoms with Gasteiger partial charge in [0, 0.05) is 11.1 Å². The van der Waals surface area contributed by atoms with E-state index in [0.29, 0.717) is 0 Å². The summed E-state index contributed by atoms with van der Waals surface area (Å²) in [5.74, 6) is 0. The normalized spacial score (nSPS) is 16.5. The third-order valence-electron chi connectivity index (χ3n) is 4.88. The highest BCUT2D eigenvalue weighted by molar-refractivity contribution is 5.85. The second-order valence-corrected chi connectivity index (χ2v) is 6.49. The van der Waals surface area contributed by atoms with Gasteiger partial charge in [0.05, 0.1) is 24.2 Å². The Morgan fingerprint density at radius 1 is 1.05 bits per heavy atom. The summed E-state index contributed by atoms with van der Waals surface area (Å²) in [5, 5.41) is 0.881. The third kappa shape index (κ3) is 2.62. The van der Waals surface area contributed by atoms with Gasteiger partial charge in [-0.2, -0.15) is 0 Å². The van der Waals surface area contributed by atoms with Crippen molar-refractivity contribution in [2.75, 3.05) is 13.1 Å². The molecule has 3 heteroatoms. The Kier molecular flexibility index (Phi) is 3.85. The summed E-state index contributed by atoms with van der Waals surface area (Å²) in [6, 6.07) is 4.14. The zero-order valence-electron chi connectivity index (χ0n) is 13.3. The van der Waals surface area contributed by atoms with E-state index in [1.165, 1.54) is 32.4 Å². The Bertz CT molecular complexity index is 724. The fourth-order valence-electron chi connectivity index (χ4n) is 3.54. The lowest BCUT2D eigenvalue weighted by molar-refractivity contribution is -0.918. The van der Waals surface area contributed by atoms with E-state index in [1.807, 2.05) is 13.8 Å². The van der Waals surface area contributed by atoms with Crippen molar-refractivity contribution in [3.8, 4) is 0 Å². The summed E-state index contributed by atoms with van der Waals surface area (Å²) in [4.78, 5) is 18.0. The first-order chi connectivity index (χ1) is 10.1. The number of nitrogens with one attached hydrogen (secondary N) is 2. The summed E-state index contributed by atoms with van der Waals surface area (Å²) in [6.45, 7) is 9.40. The van der Waals surface area contributed by atoms with Gasteiger partial charge in [-0.25, -0.2) is 0 Å². The smallest absolute Gasteiger partial charge is 0.198 e. The lowest BCUT2D eigenvalue weighted by atomic mass is 10.0. The van der Waals surface area contributed by atoms with Crippen molar-refractivity contribution in [3.63, 3.8) is 0 Å². The van der Waals surface area contributed by atoms with Crippen LogP contribution in [0.3, 0.4) is 0 Å². The van der Waals surface area contributed by atoms with Gasteiger partial charge in [-0.3, -0.25) is 4.79 Å². The Hall–Kier alpha value is -1.61. The quantitative estimate of drug-likeness (QED) is 0.870. The number of aromatic nitrogens is 1. The minimum absolute atomic E-state index is 0.237. The van der Waals surface area contributed by atoms with E-state index in [4.69, 9.17) is 0 Å². The van der Waals surface area contributed by atoms with Crippen LogP contribution in [0.4, 0.5) is 0 Å². The van der Waals surface area contributed by atoms with Crippen molar-refractivity contribution >= 4 is 10.9 Å². The van der Waals surface area contributed by atoms with Gasteiger partial charge in [-0.1, -0.05) is 12.1 Å². The van der Waals surface area contributed by atoms with Gasteiger partial charge in [0.25, 0.3) is 0 Å². The molecule has 0 saturated carbocycles. The van der Waals surface area contributed by atoms with Crippen LogP contribution in [0.25, 0.3) is 10.9 Å². The highest BCUT2D eigenvalue weighted by Crippen LogP contribution is 2.18. The lowest BCUT2D eigenvalue weighted by Crippen LogP contribution is -3.11. The van der Waals surface area contributed by atoms with Crippen LogP contribution in [0.2, 0.25) is 0 Å². The fourth-order valence-corrected chi connectivity index (χ4v) is 3.54. The number of hydrogen-bond donors (Lipinski definition) is 2. The highest BCUT2D eigenvalue weighted by Gasteiger charge is 2.19. The standard InChI is InChI=1S/C18H24N2O/c1-12-7-8-13(2)17-16(12)18(21)15(14(3)19-17)11-20-9-5-4-6-10-20/h7-8H,4-6,9-11H2,1-3H3,(H,19,21)/p+1. The zero-order chi connectivity index (χ0) is 15.0. The molecule has 3 rings (SSSR count). The molecular formula is C18H25N2O+. The van der Waals surface area contributed by atoms with Crippen molar-refractivity contribution in [1.82, 2.24) is 4.98 Å². The van der Waals surface area contributed by atoms with E-state index in [0.717, 1.165) is 39.8 Å². The maximum absolute atomic E-state index is 13.0. The number of aromatic amines is 1. The van der Waals surface area contributed by atoms with Gasteiger partial charge in [0.15, 0.2) is 5.43 Å². The molecule has 0 amide bonds. The number of H-pyrrole nitrogens is 1. The predicted octanol–water partition coefficient (Wildman–Crippen LogP) is 2.02. The Balaban J connectivity index is 2.10. The second-order valence-electron chi connectivity index (χ2n) is 6.49. The van der Waals surface area contributed by atoms with Crippen LogP contribution in [0.5, 0.6) is 0 Å². The minimum Gasteiger partial charge on any atom is -0.358 e. The summed E-state index contributed by atoms with van der Waals surface area (Å²) in [7, 11) is 0. The number of benzene rings is 1. The molecule has 1 aliphatic heterocycles. The van der Waals surface area contributed by atoms with Crippen molar-refractivity contribution in [2.24, 2.45) is 0 Å². The molecule has 0 aliphatic carbocycles. The van der Waals surface area contributed by atoms with Crippen LogP contribution in [0.1, 0.15) is 41.6 Å². The number of piperidine rings is 1. The Morgan fingerprint density at radius 3 is 2.43 bits per heavy atom. The van der Waals surface area contributed by atoms with Crippen LogP contribution >= 0.6 is 0 Å². The maximum Gasteiger partial charge on any atom is 0.198 e. The molecule has 0 atom stereocenters. The van der Waals surface area contributed by atoms with Gasteiger partial charge >= 0.3 is 0 Å². The summed E-state index contributed by atoms with van der Waals surface area (Å²) < 4.78 is 0. The van der Waals surface area contributed by atoms with E-state index in [-0.39, 0.29) is 5.43 Å². The molecule has 1 aliphatic rings. The van der Waals surface area contributed by atoms with Crippen molar-refractivity contribution in [1.29, 1.82) is 0 Å². The zero-order valence-corrected chi connectivity index (χ0v) is 13.3. The number of fused-ring (bicyclic) bond motifs is 1. The molecule has 1 aromatic carbocycles. The Morgan fingerprint density at radius 2 is 1.71 bits per heavy atom. The molecule has 3 nitrogen and oxygen atoms in total. The molecule has 21 heavy (non-hydrogen) atoms. The number of quaternary nitrogens is 1. The van der Waals surface area contributed by atoms with Gasteiger partial charge in [-0.15, -0.1) is 0 Å². The van der Waals surface area contributed by atoms with E-state index in [1.54, 1.807) is 4.90 Å². The molecule has 112 valence electrons. The molecule has 0 spiro atoms. The van der Waals surface area contributed by atoms with Gasteiger partial charge in [-0.05, 0) is 51.2 Å². The number of aryl methyl sites for hydroxylation is 3. The van der Waals surface area contributed by atoms with E-state index in [9.17, 15) is 4.79 Å². The number of rotatable bonds is 2. The molecule has 1 aromatic heterocycles. The predicted molar refractivity (Wildman–Crippen MR) is 87.0 cm³/mol. The molecular weight excluding hydrogens is 260 g/mol. The topological polar surface area (TPSA) is 37.3 Å². The molecule has 2 aromatic rings. The largest absolute Gasteiger partial charge is 0.358 e. The third-order valence-corrected chi connectivity index (χ3v) is 4.88. The summed E-state index contributed by atoms with van der Waals surface area (Å²) in [5.41, 5.74) is 5.49. The van der Waals surface area contributed by atoms with Crippen molar-refractivity contribution in [3.05, 3.63) is 44.7 Å². The average molecular weight is 285 g/mol. The molecule has 2 heterocycles. The SMILES string of the molecule is Cc1[nH]c2c(C)ccc(C)c2c(=O)c1C[NH+]1CCCCC1. The van der Waals surface area contributed by atoms with Crippen LogP contribution < -0.4 is 10.3 Å². The lowest BCUT2D eigenvalue weighted by Gasteiger charge is -2.24. The number of pyridine rings is 1. The average Bonchev–Trinajstić information content (AvgIpc) is 2.48. The molecule has 0 bridgehead atoms. The Labute approximate surface area is 126 Å². The molecule has 2 N–H and O–H groups in total. The summed E-state index contributed by atoms with van der Waals surface area (Å²) >= 11 is 0.